The average molecular weight is 418 g/mol. The molecule has 0 heterocycles. The van der Waals surface area contributed by atoms with Gasteiger partial charge in [0, 0.05) is 11.1 Å². The first-order chi connectivity index (χ1) is 15.0. The molecule has 1 amide bonds. The summed E-state index contributed by atoms with van der Waals surface area (Å²) in [5.41, 5.74) is 3.66. The molecule has 0 unspecified atom stereocenters. The summed E-state index contributed by atoms with van der Waals surface area (Å²) in [6.07, 6.45) is 0. The van der Waals surface area contributed by atoms with Crippen molar-refractivity contribution >= 4 is 5.91 Å². The van der Waals surface area contributed by atoms with E-state index in [9.17, 15) is 4.79 Å². The van der Waals surface area contributed by atoms with Gasteiger partial charge in [-0.25, -0.2) is 0 Å². The van der Waals surface area contributed by atoms with E-state index >= 15 is 0 Å². The summed E-state index contributed by atoms with van der Waals surface area (Å²) in [6.45, 7) is 9.09. The van der Waals surface area contributed by atoms with Crippen LogP contribution in [0.1, 0.15) is 66.7 Å². The van der Waals surface area contributed by atoms with Crippen LogP contribution in [0.15, 0.2) is 72.8 Å². The second-order valence-corrected chi connectivity index (χ2v) is 7.84. The smallest absolute Gasteiger partial charge is 0.251 e. The van der Waals surface area contributed by atoms with E-state index in [1.54, 1.807) is 6.07 Å². The minimum absolute atomic E-state index is 0.0853. The van der Waals surface area contributed by atoms with Crippen LogP contribution in [0.5, 0.6) is 11.5 Å². The average Bonchev–Trinajstić information content (AvgIpc) is 2.79. The SMILES string of the molecule is CCOc1ccc(C(=O)N[C@@H](C)c2ccccc2)cc1COc1ccccc1C(C)C. The monoisotopic (exact) mass is 417 g/mol. The van der Waals surface area contributed by atoms with E-state index in [0.717, 1.165) is 28.2 Å². The topological polar surface area (TPSA) is 47.6 Å². The molecule has 0 aliphatic heterocycles. The van der Waals surface area contributed by atoms with Crippen LogP contribution in [0.25, 0.3) is 0 Å². The Morgan fingerprint density at radius 2 is 1.58 bits per heavy atom. The molecular weight excluding hydrogens is 386 g/mol. The van der Waals surface area contributed by atoms with Crippen molar-refractivity contribution in [2.24, 2.45) is 0 Å². The van der Waals surface area contributed by atoms with Crippen molar-refractivity contribution in [3.8, 4) is 11.5 Å². The molecule has 162 valence electrons. The molecule has 3 aromatic carbocycles. The van der Waals surface area contributed by atoms with Crippen LogP contribution in [0, 0.1) is 0 Å². The number of hydrogen-bond donors (Lipinski definition) is 1. The van der Waals surface area contributed by atoms with Crippen LogP contribution >= 0.6 is 0 Å². The molecule has 3 rings (SSSR count). The van der Waals surface area contributed by atoms with Crippen LogP contribution < -0.4 is 14.8 Å². The van der Waals surface area contributed by atoms with Gasteiger partial charge in [0.2, 0.25) is 0 Å². The Morgan fingerprint density at radius 1 is 0.871 bits per heavy atom. The zero-order chi connectivity index (χ0) is 22.2. The highest BCUT2D eigenvalue weighted by atomic mass is 16.5. The number of carbonyl (C=O) groups is 1. The first-order valence-electron chi connectivity index (χ1n) is 10.8. The molecule has 0 aliphatic rings. The minimum Gasteiger partial charge on any atom is -0.493 e. The third-order valence-electron chi connectivity index (χ3n) is 5.19. The standard InChI is InChI=1S/C27H31NO3/c1-5-30-25-16-15-22(27(29)28-20(4)21-11-7-6-8-12-21)17-23(25)18-31-26-14-10-9-13-24(26)19(2)3/h6-17,19-20H,5,18H2,1-4H3,(H,28,29)/t20-/m0/s1. The predicted octanol–water partition coefficient (Wildman–Crippen LogP) is 6.28. The van der Waals surface area contributed by atoms with Gasteiger partial charge in [0.05, 0.1) is 12.6 Å². The van der Waals surface area contributed by atoms with Gasteiger partial charge in [-0.15, -0.1) is 0 Å². The van der Waals surface area contributed by atoms with Crippen molar-refractivity contribution < 1.29 is 14.3 Å². The van der Waals surface area contributed by atoms with E-state index in [0.29, 0.717) is 24.7 Å². The van der Waals surface area contributed by atoms with E-state index in [1.807, 2.05) is 74.5 Å². The Morgan fingerprint density at radius 3 is 2.29 bits per heavy atom. The van der Waals surface area contributed by atoms with Crippen LogP contribution in [0.3, 0.4) is 0 Å². The Hall–Kier alpha value is -3.27. The Bertz CT molecular complexity index is 998. The largest absolute Gasteiger partial charge is 0.493 e. The highest BCUT2D eigenvalue weighted by Crippen LogP contribution is 2.28. The lowest BCUT2D eigenvalue weighted by molar-refractivity contribution is 0.0939. The molecule has 4 heteroatoms. The Labute approximate surface area is 185 Å². The number of benzene rings is 3. The maximum Gasteiger partial charge on any atom is 0.251 e. The molecule has 0 aromatic heterocycles. The number of para-hydroxylation sites is 1. The summed E-state index contributed by atoms with van der Waals surface area (Å²) in [7, 11) is 0. The first-order valence-corrected chi connectivity index (χ1v) is 10.8. The Kier molecular flexibility index (Phi) is 7.71. The third-order valence-corrected chi connectivity index (χ3v) is 5.19. The summed E-state index contributed by atoms with van der Waals surface area (Å²) in [5, 5.41) is 3.07. The lowest BCUT2D eigenvalue weighted by Gasteiger charge is -2.17. The van der Waals surface area contributed by atoms with Gasteiger partial charge < -0.3 is 14.8 Å². The minimum atomic E-state index is -0.122. The van der Waals surface area contributed by atoms with Crippen LogP contribution in [0.2, 0.25) is 0 Å². The molecule has 3 aromatic rings. The van der Waals surface area contributed by atoms with E-state index in [1.165, 1.54) is 0 Å². The van der Waals surface area contributed by atoms with Gasteiger partial charge in [0.15, 0.2) is 0 Å². The molecule has 0 spiro atoms. The second kappa shape index (κ2) is 10.7. The third kappa shape index (κ3) is 5.88. The van der Waals surface area contributed by atoms with Gasteiger partial charge in [0.1, 0.15) is 18.1 Å². The molecule has 0 bridgehead atoms. The molecule has 1 N–H and O–H groups in total. The number of ether oxygens (including phenoxy) is 2. The molecule has 0 aliphatic carbocycles. The zero-order valence-corrected chi connectivity index (χ0v) is 18.7. The quantitative estimate of drug-likeness (QED) is 0.446. The van der Waals surface area contributed by atoms with Gasteiger partial charge in [-0.2, -0.15) is 0 Å². The van der Waals surface area contributed by atoms with Crippen molar-refractivity contribution in [2.45, 2.75) is 46.3 Å². The number of nitrogens with one attached hydrogen (secondary N) is 1. The van der Waals surface area contributed by atoms with Crippen molar-refractivity contribution in [2.75, 3.05) is 6.61 Å². The lowest BCUT2D eigenvalue weighted by Crippen LogP contribution is -2.26. The van der Waals surface area contributed by atoms with Crippen LogP contribution in [-0.4, -0.2) is 12.5 Å². The highest BCUT2D eigenvalue weighted by molar-refractivity contribution is 5.94. The van der Waals surface area contributed by atoms with Crippen molar-refractivity contribution in [1.82, 2.24) is 5.32 Å². The molecule has 1 atom stereocenters. The molecule has 0 fully saturated rings. The number of amides is 1. The number of rotatable bonds is 9. The van der Waals surface area contributed by atoms with Gasteiger partial charge >= 0.3 is 0 Å². The van der Waals surface area contributed by atoms with Gasteiger partial charge in [-0.1, -0.05) is 62.4 Å². The van der Waals surface area contributed by atoms with E-state index in [2.05, 4.69) is 25.2 Å². The first kappa shape index (κ1) is 22.4. The number of hydrogen-bond acceptors (Lipinski definition) is 3. The van der Waals surface area contributed by atoms with Crippen molar-refractivity contribution in [3.63, 3.8) is 0 Å². The summed E-state index contributed by atoms with van der Waals surface area (Å²) >= 11 is 0. The maximum atomic E-state index is 12.9. The highest BCUT2D eigenvalue weighted by Gasteiger charge is 2.15. The van der Waals surface area contributed by atoms with Crippen molar-refractivity contribution in [1.29, 1.82) is 0 Å². The molecular formula is C27H31NO3. The molecule has 31 heavy (non-hydrogen) atoms. The number of carbonyl (C=O) groups excluding carboxylic acids is 1. The van der Waals surface area contributed by atoms with E-state index < -0.39 is 0 Å². The second-order valence-electron chi connectivity index (χ2n) is 7.84. The van der Waals surface area contributed by atoms with E-state index in [4.69, 9.17) is 9.47 Å². The summed E-state index contributed by atoms with van der Waals surface area (Å²) in [5.74, 6) is 1.83. The Balaban J connectivity index is 1.78. The van der Waals surface area contributed by atoms with Gasteiger partial charge in [-0.3, -0.25) is 4.79 Å². The fourth-order valence-corrected chi connectivity index (χ4v) is 3.48. The van der Waals surface area contributed by atoms with E-state index in [-0.39, 0.29) is 11.9 Å². The van der Waals surface area contributed by atoms with Crippen molar-refractivity contribution in [3.05, 3.63) is 95.1 Å². The van der Waals surface area contributed by atoms with Crippen LogP contribution in [-0.2, 0) is 6.61 Å². The predicted molar refractivity (Wildman–Crippen MR) is 125 cm³/mol. The zero-order valence-electron chi connectivity index (χ0n) is 18.7. The summed E-state index contributed by atoms with van der Waals surface area (Å²) < 4.78 is 11.9. The summed E-state index contributed by atoms with van der Waals surface area (Å²) in [4.78, 5) is 12.9. The fraction of sp³-hybridized carbons (Fsp3) is 0.296. The molecule has 0 saturated heterocycles. The molecule has 4 nitrogen and oxygen atoms in total. The molecule has 0 radical (unpaired) electrons. The fourth-order valence-electron chi connectivity index (χ4n) is 3.48. The normalized spacial score (nSPS) is 11.8. The van der Waals surface area contributed by atoms with Crippen LogP contribution in [0.4, 0.5) is 0 Å². The molecule has 0 saturated carbocycles. The van der Waals surface area contributed by atoms with Gasteiger partial charge in [-0.05, 0) is 55.2 Å². The summed E-state index contributed by atoms with van der Waals surface area (Å²) in [6, 6.07) is 23.4. The van der Waals surface area contributed by atoms with Gasteiger partial charge in [0.25, 0.3) is 5.91 Å². The maximum absolute atomic E-state index is 12.9. The lowest BCUT2D eigenvalue weighted by atomic mass is 10.0.